The Labute approximate surface area is 176 Å². The van der Waals surface area contributed by atoms with Gasteiger partial charge in [0.1, 0.15) is 0 Å². The quantitative estimate of drug-likeness (QED) is 0.508. The number of benzene rings is 1. The first kappa shape index (κ1) is 22.4. The van der Waals surface area contributed by atoms with Crippen molar-refractivity contribution in [3.63, 3.8) is 0 Å². The summed E-state index contributed by atoms with van der Waals surface area (Å²) in [4.78, 5) is 2.64. The number of nitrogens with zero attached hydrogens (tertiary/aromatic N) is 1. The molecular formula is C24H39NO4. The molecule has 164 valence electrons. The minimum absolute atomic E-state index is 0.346. The Bertz CT molecular complexity index is 609. The van der Waals surface area contributed by atoms with Gasteiger partial charge < -0.3 is 18.9 Å². The van der Waals surface area contributed by atoms with E-state index in [2.05, 4.69) is 24.0 Å². The number of methoxy groups -OCH3 is 2. The normalized spacial score (nSPS) is 25.3. The van der Waals surface area contributed by atoms with Gasteiger partial charge in [0.25, 0.3) is 0 Å². The van der Waals surface area contributed by atoms with Crippen LogP contribution in [0.3, 0.4) is 0 Å². The smallest absolute Gasteiger partial charge is 0.160 e. The van der Waals surface area contributed by atoms with E-state index in [0.717, 1.165) is 44.2 Å². The number of ether oxygens (including phenoxy) is 4. The van der Waals surface area contributed by atoms with Gasteiger partial charge in [0, 0.05) is 25.7 Å². The fourth-order valence-corrected chi connectivity index (χ4v) is 4.64. The summed E-state index contributed by atoms with van der Waals surface area (Å²) in [7, 11) is 3.35. The maximum Gasteiger partial charge on any atom is 0.160 e. The fourth-order valence-electron chi connectivity index (χ4n) is 4.64. The lowest BCUT2D eigenvalue weighted by molar-refractivity contribution is -0.0345. The Morgan fingerprint density at radius 3 is 2.59 bits per heavy atom. The Morgan fingerprint density at radius 1 is 0.966 bits per heavy atom. The van der Waals surface area contributed by atoms with Gasteiger partial charge in [-0.25, -0.2) is 0 Å². The summed E-state index contributed by atoms with van der Waals surface area (Å²) < 4.78 is 23.2. The van der Waals surface area contributed by atoms with Crippen LogP contribution >= 0.6 is 0 Å². The highest BCUT2D eigenvalue weighted by atomic mass is 16.5. The molecule has 1 aliphatic carbocycles. The van der Waals surface area contributed by atoms with E-state index in [1.165, 1.54) is 50.5 Å². The van der Waals surface area contributed by atoms with Gasteiger partial charge in [-0.3, -0.25) is 4.90 Å². The second-order valence-corrected chi connectivity index (χ2v) is 8.33. The lowest BCUT2D eigenvalue weighted by Crippen LogP contribution is -2.46. The van der Waals surface area contributed by atoms with Crippen LogP contribution in [-0.4, -0.2) is 63.7 Å². The van der Waals surface area contributed by atoms with Crippen molar-refractivity contribution in [1.29, 1.82) is 0 Å². The van der Waals surface area contributed by atoms with E-state index < -0.39 is 0 Å². The molecule has 29 heavy (non-hydrogen) atoms. The molecule has 1 saturated carbocycles. The third kappa shape index (κ3) is 6.34. The molecular weight excluding hydrogens is 366 g/mol. The molecule has 0 spiro atoms. The van der Waals surface area contributed by atoms with Crippen molar-refractivity contribution < 1.29 is 18.9 Å². The van der Waals surface area contributed by atoms with Crippen molar-refractivity contribution in [2.24, 2.45) is 0 Å². The number of unbranched alkanes of at least 4 members (excludes halogenated alkanes) is 1. The summed E-state index contributed by atoms with van der Waals surface area (Å²) in [5.74, 6) is 1.56. The van der Waals surface area contributed by atoms with Crippen LogP contribution in [0.25, 0.3) is 0 Å². The van der Waals surface area contributed by atoms with E-state index in [-0.39, 0.29) is 0 Å². The van der Waals surface area contributed by atoms with Crippen LogP contribution in [0.5, 0.6) is 11.5 Å². The third-order valence-corrected chi connectivity index (χ3v) is 6.34. The SMILES string of the molecule is CCCCOC1CCN([C@@H]2CCCC[C@H]2OCCc2ccc(OC)c(OC)c2)C1. The molecule has 2 fully saturated rings. The third-order valence-electron chi connectivity index (χ3n) is 6.34. The van der Waals surface area contributed by atoms with Gasteiger partial charge >= 0.3 is 0 Å². The maximum atomic E-state index is 6.42. The highest BCUT2D eigenvalue weighted by Crippen LogP contribution is 2.30. The molecule has 0 amide bonds. The largest absolute Gasteiger partial charge is 0.493 e. The summed E-state index contributed by atoms with van der Waals surface area (Å²) in [6.07, 6.45) is 10.2. The average Bonchev–Trinajstić information content (AvgIpc) is 3.23. The molecule has 2 aliphatic rings. The summed E-state index contributed by atoms with van der Waals surface area (Å²) >= 11 is 0. The molecule has 5 heteroatoms. The van der Waals surface area contributed by atoms with Gasteiger partial charge in [-0.05, 0) is 49.8 Å². The average molecular weight is 406 g/mol. The topological polar surface area (TPSA) is 40.2 Å². The Morgan fingerprint density at radius 2 is 1.79 bits per heavy atom. The molecule has 3 rings (SSSR count). The molecule has 0 bridgehead atoms. The van der Waals surface area contributed by atoms with E-state index in [1.807, 2.05) is 6.07 Å². The first-order valence-corrected chi connectivity index (χ1v) is 11.4. The molecule has 5 nitrogen and oxygen atoms in total. The first-order chi connectivity index (χ1) is 14.2. The summed E-state index contributed by atoms with van der Waals surface area (Å²) in [6.45, 7) is 6.10. The van der Waals surface area contributed by atoms with Gasteiger partial charge in [0.05, 0.1) is 33.0 Å². The summed E-state index contributed by atoms with van der Waals surface area (Å²) in [6, 6.07) is 6.68. The minimum Gasteiger partial charge on any atom is -0.493 e. The number of hydrogen-bond donors (Lipinski definition) is 0. The van der Waals surface area contributed by atoms with Gasteiger partial charge in [-0.15, -0.1) is 0 Å². The molecule has 3 atom stereocenters. The number of rotatable bonds is 11. The Kier molecular flexibility index (Phi) is 9.09. The van der Waals surface area contributed by atoms with E-state index in [4.69, 9.17) is 18.9 Å². The van der Waals surface area contributed by atoms with Crippen molar-refractivity contribution >= 4 is 0 Å². The molecule has 1 heterocycles. The summed E-state index contributed by atoms with van der Waals surface area (Å²) in [5.41, 5.74) is 1.22. The van der Waals surface area contributed by atoms with Crippen molar-refractivity contribution in [2.45, 2.75) is 76.5 Å². The fraction of sp³-hybridized carbons (Fsp3) is 0.750. The Hall–Kier alpha value is -1.30. The lowest BCUT2D eigenvalue weighted by atomic mass is 9.91. The summed E-state index contributed by atoms with van der Waals surface area (Å²) in [5, 5.41) is 0. The molecule has 1 aromatic rings. The van der Waals surface area contributed by atoms with Crippen LogP contribution in [0, 0.1) is 0 Å². The standard InChI is InChI=1S/C24H39NO4/c1-4-5-15-28-20-12-14-25(18-20)21-8-6-7-9-22(21)29-16-13-19-10-11-23(26-2)24(17-19)27-3/h10-11,17,20-22H,4-9,12-16,18H2,1-3H3/t20?,21-,22-/m1/s1. The minimum atomic E-state index is 0.346. The van der Waals surface area contributed by atoms with E-state index in [9.17, 15) is 0 Å². The molecule has 0 N–H and O–H groups in total. The van der Waals surface area contributed by atoms with Crippen LogP contribution in [-0.2, 0) is 15.9 Å². The van der Waals surface area contributed by atoms with Crippen LogP contribution in [0.2, 0.25) is 0 Å². The lowest BCUT2D eigenvalue weighted by Gasteiger charge is -2.37. The molecule has 1 aromatic carbocycles. The highest BCUT2D eigenvalue weighted by molar-refractivity contribution is 5.42. The monoisotopic (exact) mass is 405 g/mol. The highest BCUT2D eigenvalue weighted by Gasteiger charge is 2.35. The van der Waals surface area contributed by atoms with E-state index in [1.54, 1.807) is 14.2 Å². The van der Waals surface area contributed by atoms with Crippen molar-refractivity contribution in [3.05, 3.63) is 23.8 Å². The zero-order valence-corrected chi connectivity index (χ0v) is 18.5. The zero-order chi connectivity index (χ0) is 20.5. The van der Waals surface area contributed by atoms with Crippen LogP contribution in [0.1, 0.15) is 57.4 Å². The van der Waals surface area contributed by atoms with Crippen molar-refractivity contribution in [2.75, 3.05) is 40.5 Å². The number of hydrogen-bond acceptors (Lipinski definition) is 5. The van der Waals surface area contributed by atoms with Gasteiger partial charge in [0.2, 0.25) is 0 Å². The van der Waals surface area contributed by atoms with Gasteiger partial charge in [-0.2, -0.15) is 0 Å². The van der Waals surface area contributed by atoms with Crippen LogP contribution < -0.4 is 9.47 Å². The van der Waals surface area contributed by atoms with Gasteiger partial charge in [0.15, 0.2) is 11.5 Å². The van der Waals surface area contributed by atoms with Crippen molar-refractivity contribution in [1.82, 2.24) is 4.90 Å². The predicted octanol–water partition coefficient (Wildman–Crippen LogP) is 4.47. The molecule has 1 unspecified atom stereocenters. The second kappa shape index (κ2) is 11.8. The van der Waals surface area contributed by atoms with Crippen LogP contribution in [0.4, 0.5) is 0 Å². The molecule has 0 radical (unpaired) electrons. The van der Waals surface area contributed by atoms with Crippen molar-refractivity contribution in [3.8, 4) is 11.5 Å². The van der Waals surface area contributed by atoms with Gasteiger partial charge in [-0.1, -0.05) is 32.3 Å². The zero-order valence-electron chi connectivity index (χ0n) is 18.5. The number of likely N-dealkylation sites (tertiary alicyclic amines) is 1. The molecule has 0 aromatic heterocycles. The maximum absolute atomic E-state index is 6.42. The molecule has 1 aliphatic heterocycles. The second-order valence-electron chi connectivity index (χ2n) is 8.33. The van der Waals surface area contributed by atoms with E-state index >= 15 is 0 Å². The van der Waals surface area contributed by atoms with Crippen LogP contribution in [0.15, 0.2) is 18.2 Å². The predicted molar refractivity (Wildman–Crippen MR) is 116 cm³/mol. The van der Waals surface area contributed by atoms with E-state index in [0.29, 0.717) is 18.2 Å². The molecule has 1 saturated heterocycles. The first-order valence-electron chi connectivity index (χ1n) is 11.4. The Balaban J connectivity index is 1.48.